The van der Waals surface area contributed by atoms with Crippen molar-refractivity contribution in [1.29, 1.82) is 0 Å². The van der Waals surface area contributed by atoms with Crippen LogP contribution >= 0.6 is 0 Å². The molecule has 0 aliphatic carbocycles. The maximum absolute atomic E-state index is 11.7. The van der Waals surface area contributed by atoms with Crippen molar-refractivity contribution < 1.29 is 8.42 Å². The first kappa shape index (κ1) is 12.3. The van der Waals surface area contributed by atoms with E-state index in [1.54, 1.807) is 24.0 Å². The Labute approximate surface area is 101 Å². The zero-order valence-corrected chi connectivity index (χ0v) is 10.6. The molecule has 1 fully saturated rings. The average Bonchev–Trinajstić information content (AvgIpc) is 2.77. The number of aryl methyl sites for hydroxylation is 1. The summed E-state index contributed by atoms with van der Waals surface area (Å²) in [6, 6.07) is 1.72. The topological polar surface area (TPSA) is 84.5 Å². The smallest absolute Gasteiger partial charge is 0.281 e. The number of nitrogens with two attached hydrogens (primary N) is 1. The third kappa shape index (κ3) is 2.59. The van der Waals surface area contributed by atoms with E-state index in [1.165, 1.54) is 8.61 Å². The van der Waals surface area contributed by atoms with Gasteiger partial charge in [0.2, 0.25) is 0 Å². The minimum atomic E-state index is -3.20. The summed E-state index contributed by atoms with van der Waals surface area (Å²) in [7, 11) is -1.60. The van der Waals surface area contributed by atoms with Gasteiger partial charge in [-0.3, -0.25) is 4.68 Å². The van der Waals surface area contributed by atoms with E-state index in [0.29, 0.717) is 32.0 Å². The van der Waals surface area contributed by atoms with Crippen LogP contribution < -0.4 is 5.73 Å². The standard InChI is InChI=1S/C9H17N5O2S/c1-12-7-8-14(17(12,15)16)5-2-4-13-6-3-9(10)11-13/h3,6H,2,4-5,7-8H2,1H3,(H2,10,11). The average molecular weight is 259 g/mol. The summed E-state index contributed by atoms with van der Waals surface area (Å²) < 4.78 is 28.1. The van der Waals surface area contributed by atoms with E-state index in [2.05, 4.69) is 5.10 Å². The van der Waals surface area contributed by atoms with E-state index in [9.17, 15) is 8.42 Å². The minimum Gasteiger partial charge on any atom is -0.382 e. The van der Waals surface area contributed by atoms with E-state index in [-0.39, 0.29) is 0 Å². The molecule has 0 amide bonds. The summed E-state index contributed by atoms with van der Waals surface area (Å²) in [6.45, 7) is 2.33. The van der Waals surface area contributed by atoms with E-state index in [1.807, 2.05) is 0 Å². The van der Waals surface area contributed by atoms with Gasteiger partial charge in [-0.05, 0) is 12.5 Å². The van der Waals surface area contributed by atoms with Crippen LogP contribution in [0.15, 0.2) is 12.3 Å². The molecule has 0 saturated carbocycles. The Morgan fingerprint density at radius 3 is 2.71 bits per heavy atom. The Morgan fingerprint density at radius 1 is 1.41 bits per heavy atom. The van der Waals surface area contributed by atoms with Gasteiger partial charge in [-0.2, -0.15) is 22.1 Å². The predicted molar refractivity (Wildman–Crippen MR) is 64.4 cm³/mol. The highest BCUT2D eigenvalue weighted by Gasteiger charge is 2.32. The summed E-state index contributed by atoms with van der Waals surface area (Å²) in [5.41, 5.74) is 5.49. The van der Waals surface area contributed by atoms with Gasteiger partial charge >= 0.3 is 0 Å². The summed E-state index contributed by atoms with van der Waals surface area (Å²) in [6.07, 6.45) is 2.52. The number of likely N-dealkylation sites (N-methyl/N-ethyl adjacent to an activating group) is 1. The summed E-state index contributed by atoms with van der Waals surface area (Å²) in [4.78, 5) is 0. The lowest BCUT2D eigenvalue weighted by atomic mass is 10.4. The van der Waals surface area contributed by atoms with E-state index < -0.39 is 10.2 Å². The van der Waals surface area contributed by atoms with Gasteiger partial charge in [0.15, 0.2) is 0 Å². The van der Waals surface area contributed by atoms with Crippen LogP contribution in [0.4, 0.5) is 5.82 Å². The van der Waals surface area contributed by atoms with Crippen molar-refractivity contribution in [3.8, 4) is 0 Å². The van der Waals surface area contributed by atoms with Gasteiger partial charge < -0.3 is 5.73 Å². The molecule has 0 bridgehead atoms. The van der Waals surface area contributed by atoms with Gasteiger partial charge in [-0.15, -0.1) is 0 Å². The van der Waals surface area contributed by atoms with Crippen LogP contribution in [0.1, 0.15) is 6.42 Å². The summed E-state index contributed by atoms with van der Waals surface area (Å²) in [5, 5.41) is 4.04. The lowest BCUT2D eigenvalue weighted by Crippen LogP contribution is -2.32. The molecule has 0 aromatic carbocycles. The van der Waals surface area contributed by atoms with Gasteiger partial charge in [-0.1, -0.05) is 0 Å². The Kier molecular flexibility index (Phi) is 3.36. The van der Waals surface area contributed by atoms with Gasteiger partial charge in [0, 0.05) is 39.4 Å². The van der Waals surface area contributed by atoms with Crippen LogP contribution in [0.3, 0.4) is 0 Å². The number of nitrogen functional groups attached to an aromatic ring is 1. The number of anilines is 1. The third-order valence-electron chi connectivity index (χ3n) is 2.84. The van der Waals surface area contributed by atoms with Crippen molar-refractivity contribution in [3.05, 3.63) is 12.3 Å². The maximum atomic E-state index is 11.7. The largest absolute Gasteiger partial charge is 0.382 e. The first-order valence-electron chi connectivity index (χ1n) is 5.50. The van der Waals surface area contributed by atoms with Gasteiger partial charge in [0.1, 0.15) is 5.82 Å². The molecule has 2 heterocycles. The molecule has 0 atom stereocenters. The quantitative estimate of drug-likeness (QED) is 0.778. The molecule has 0 unspecified atom stereocenters. The van der Waals surface area contributed by atoms with E-state index in [0.717, 1.165) is 6.42 Å². The number of hydrogen-bond donors (Lipinski definition) is 1. The molecule has 1 aromatic rings. The van der Waals surface area contributed by atoms with Crippen LogP contribution in [0.25, 0.3) is 0 Å². The highest BCUT2D eigenvalue weighted by Crippen LogP contribution is 2.14. The van der Waals surface area contributed by atoms with Crippen LogP contribution in [0.5, 0.6) is 0 Å². The highest BCUT2D eigenvalue weighted by molar-refractivity contribution is 7.87. The first-order chi connectivity index (χ1) is 8.00. The van der Waals surface area contributed by atoms with Gasteiger partial charge in [0.05, 0.1) is 0 Å². The predicted octanol–water partition coefficient (Wildman–Crippen LogP) is -0.652. The molecule has 17 heavy (non-hydrogen) atoms. The van der Waals surface area contributed by atoms with Crippen molar-refractivity contribution in [2.45, 2.75) is 13.0 Å². The maximum Gasteiger partial charge on any atom is 0.281 e. The lowest BCUT2D eigenvalue weighted by molar-refractivity contribution is 0.420. The Morgan fingerprint density at radius 2 is 2.18 bits per heavy atom. The second-order valence-electron chi connectivity index (χ2n) is 4.09. The second kappa shape index (κ2) is 4.63. The van der Waals surface area contributed by atoms with Crippen molar-refractivity contribution in [3.63, 3.8) is 0 Å². The van der Waals surface area contributed by atoms with Gasteiger partial charge in [0.25, 0.3) is 10.2 Å². The molecular weight excluding hydrogens is 242 g/mol. The third-order valence-corrected chi connectivity index (χ3v) is 4.83. The second-order valence-corrected chi connectivity index (χ2v) is 6.12. The van der Waals surface area contributed by atoms with Crippen molar-refractivity contribution in [2.24, 2.45) is 0 Å². The number of rotatable bonds is 4. The Balaban J connectivity index is 1.84. The minimum absolute atomic E-state index is 0.485. The monoisotopic (exact) mass is 259 g/mol. The summed E-state index contributed by atoms with van der Waals surface area (Å²) >= 11 is 0. The van der Waals surface area contributed by atoms with Crippen LogP contribution in [0, 0.1) is 0 Å². The normalized spacial score (nSPS) is 21.0. The van der Waals surface area contributed by atoms with Crippen LogP contribution in [0.2, 0.25) is 0 Å². The zero-order chi connectivity index (χ0) is 12.5. The highest BCUT2D eigenvalue weighted by atomic mass is 32.2. The molecule has 2 N–H and O–H groups in total. The Hall–Kier alpha value is -1.12. The molecule has 8 heteroatoms. The Bertz CT molecular complexity index is 483. The summed E-state index contributed by atoms with van der Waals surface area (Å²) in [5.74, 6) is 0.485. The molecule has 1 saturated heterocycles. The molecule has 2 rings (SSSR count). The van der Waals surface area contributed by atoms with Crippen molar-refractivity contribution >= 4 is 16.0 Å². The van der Waals surface area contributed by atoms with Crippen LogP contribution in [-0.2, 0) is 16.8 Å². The number of hydrogen-bond acceptors (Lipinski definition) is 4. The molecule has 1 aliphatic heterocycles. The van der Waals surface area contributed by atoms with E-state index >= 15 is 0 Å². The molecule has 1 aliphatic rings. The fraction of sp³-hybridized carbons (Fsp3) is 0.667. The fourth-order valence-corrected chi connectivity index (χ4v) is 3.20. The van der Waals surface area contributed by atoms with Crippen molar-refractivity contribution in [2.75, 3.05) is 32.4 Å². The fourth-order valence-electron chi connectivity index (χ4n) is 1.82. The lowest BCUT2D eigenvalue weighted by Gasteiger charge is -2.15. The first-order valence-corrected chi connectivity index (χ1v) is 6.90. The van der Waals surface area contributed by atoms with E-state index in [4.69, 9.17) is 5.73 Å². The molecule has 1 aromatic heterocycles. The molecular formula is C9H17N5O2S. The molecule has 0 radical (unpaired) electrons. The van der Waals surface area contributed by atoms with Crippen molar-refractivity contribution in [1.82, 2.24) is 18.4 Å². The zero-order valence-electron chi connectivity index (χ0n) is 9.78. The molecule has 96 valence electrons. The SMILES string of the molecule is CN1CCN(CCCn2ccc(N)n2)S1(=O)=O. The van der Waals surface area contributed by atoms with Crippen LogP contribution in [-0.4, -0.2) is 53.5 Å². The molecule has 0 spiro atoms. The molecule has 7 nitrogen and oxygen atoms in total. The number of nitrogens with zero attached hydrogens (tertiary/aromatic N) is 4. The number of aromatic nitrogens is 2. The van der Waals surface area contributed by atoms with Gasteiger partial charge in [-0.25, -0.2) is 0 Å².